The summed E-state index contributed by atoms with van der Waals surface area (Å²) in [5.41, 5.74) is 0.786. The zero-order chi connectivity index (χ0) is 12.0. The summed E-state index contributed by atoms with van der Waals surface area (Å²) in [6.45, 7) is 6.61. The van der Waals surface area contributed by atoms with Gasteiger partial charge >= 0.3 is 0 Å². The van der Waals surface area contributed by atoms with Crippen LogP contribution in [-0.4, -0.2) is 24.1 Å². The van der Waals surface area contributed by atoms with E-state index in [2.05, 4.69) is 12.2 Å². The van der Waals surface area contributed by atoms with Crippen molar-refractivity contribution >= 4 is 17.5 Å². The van der Waals surface area contributed by atoms with Crippen LogP contribution >= 0.6 is 11.8 Å². The van der Waals surface area contributed by atoms with E-state index >= 15 is 0 Å². The van der Waals surface area contributed by atoms with E-state index in [1.165, 1.54) is 4.90 Å². The van der Waals surface area contributed by atoms with E-state index in [9.17, 15) is 4.79 Å². The van der Waals surface area contributed by atoms with E-state index < -0.39 is 0 Å². The van der Waals surface area contributed by atoms with Gasteiger partial charge in [-0.2, -0.15) is 0 Å². The summed E-state index contributed by atoms with van der Waals surface area (Å²) in [5.74, 6) is 1.21. The van der Waals surface area contributed by atoms with Crippen molar-refractivity contribution < 1.29 is 4.79 Å². The molecule has 0 saturated heterocycles. The van der Waals surface area contributed by atoms with Gasteiger partial charge in [0, 0.05) is 16.5 Å². The number of hydrogen-bond donors (Lipinski definition) is 1. The van der Waals surface area contributed by atoms with Gasteiger partial charge in [-0.15, -0.1) is 11.8 Å². The highest BCUT2D eigenvalue weighted by atomic mass is 32.2. The molecule has 1 aromatic carbocycles. The molecule has 0 amide bonds. The Bertz CT molecular complexity index is 332. The molecule has 2 nitrogen and oxygen atoms in total. The molecule has 0 radical (unpaired) electrons. The van der Waals surface area contributed by atoms with Crippen LogP contribution in [0.4, 0.5) is 0 Å². The third kappa shape index (κ3) is 4.37. The predicted octanol–water partition coefficient (Wildman–Crippen LogP) is 2.98. The Kier molecular flexibility index (Phi) is 5.56. The molecule has 0 unspecified atom stereocenters. The SMILES string of the molecule is CCSc1ccc(C(=O)CNC(C)C)cc1. The highest BCUT2D eigenvalue weighted by Crippen LogP contribution is 2.17. The molecule has 88 valence electrons. The zero-order valence-corrected chi connectivity index (χ0v) is 10.9. The fraction of sp³-hybridized carbons (Fsp3) is 0.462. The van der Waals surface area contributed by atoms with Gasteiger partial charge in [0.25, 0.3) is 0 Å². The number of benzene rings is 1. The van der Waals surface area contributed by atoms with Crippen LogP contribution in [0.1, 0.15) is 31.1 Å². The first-order valence-corrected chi connectivity index (χ1v) is 6.61. The third-order valence-corrected chi connectivity index (χ3v) is 3.05. The Labute approximate surface area is 102 Å². The molecule has 0 aliphatic carbocycles. The summed E-state index contributed by atoms with van der Waals surface area (Å²) in [4.78, 5) is 13.0. The normalized spacial score (nSPS) is 10.8. The van der Waals surface area contributed by atoms with Gasteiger partial charge in [0.05, 0.1) is 6.54 Å². The van der Waals surface area contributed by atoms with Gasteiger partial charge in [-0.05, 0) is 17.9 Å². The summed E-state index contributed by atoms with van der Waals surface area (Å²) in [5, 5.41) is 3.13. The molecule has 0 fully saturated rings. The van der Waals surface area contributed by atoms with Crippen molar-refractivity contribution in [2.75, 3.05) is 12.3 Å². The first kappa shape index (κ1) is 13.3. The van der Waals surface area contributed by atoms with Gasteiger partial charge in [0.1, 0.15) is 0 Å². The lowest BCUT2D eigenvalue weighted by molar-refractivity contribution is 0.0988. The minimum atomic E-state index is 0.154. The molecule has 0 aliphatic rings. The highest BCUT2D eigenvalue weighted by molar-refractivity contribution is 7.99. The van der Waals surface area contributed by atoms with Crippen molar-refractivity contribution in [2.24, 2.45) is 0 Å². The number of ketones is 1. The number of hydrogen-bond acceptors (Lipinski definition) is 3. The van der Waals surface area contributed by atoms with Crippen LogP contribution in [0.25, 0.3) is 0 Å². The Morgan fingerprint density at radius 2 is 1.94 bits per heavy atom. The van der Waals surface area contributed by atoms with Crippen molar-refractivity contribution in [1.82, 2.24) is 5.32 Å². The first-order valence-electron chi connectivity index (χ1n) is 5.63. The molecule has 0 saturated carbocycles. The van der Waals surface area contributed by atoms with Crippen LogP contribution < -0.4 is 5.32 Å². The highest BCUT2D eigenvalue weighted by Gasteiger charge is 2.05. The maximum absolute atomic E-state index is 11.7. The van der Waals surface area contributed by atoms with Crippen molar-refractivity contribution in [2.45, 2.75) is 31.7 Å². The molecule has 0 spiro atoms. The number of Topliss-reactive ketones (excluding diaryl/α,β-unsaturated/α-hetero) is 1. The number of thioether (sulfide) groups is 1. The van der Waals surface area contributed by atoms with E-state index in [1.807, 2.05) is 38.1 Å². The second kappa shape index (κ2) is 6.71. The molecule has 1 aromatic rings. The van der Waals surface area contributed by atoms with Crippen molar-refractivity contribution in [3.8, 4) is 0 Å². The molecule has 1 rings (SSSR count). The lowest BCUT2D eigenvalue weighted by Gasteiger charge is -2.07. The number of carbonyl (C=O) groups is 1. The predicted molar refractivity (Wildman–Crippen MR) is 70.3 cm³/mol. The summed E-state index contributed by atoms with van der Waals surface area (Å²) in [7, 11) is 0. The maximum atomic E-state index is 11.7. The lowest BCUT2D eigenvalue weighted by atomic mass is 10.1. The standard InChI is InChI=1S/C13H19NOS/c1-4-16-12-7-5-11(6-8-12)13(15)9-14-10(2)3/h5-8,10,14H,4,9H2,1-3H3. The second-order valence-corrected chi connectivity index (χ2v) is 5.25. The van der Waals surface area contributed by atoms with E-state index in [1.54, 1.807) is 11.8 Å². The average molecular weight is 237 g/mol. The molecule has 0 aromatic heterocycles. The third-order valence-electron chi connectivity index (χ3n) is 2.16. The van der Waals surface area contributed by atoms with Crippen molar-refractivity contribution in [3.05, 3.63) is 29.8 Å². The van der Waals surface area contributed by atoms with E-state index in [4.69, 9.17) is 0 Å². The van der Waals surface area contributed by atoms with Crippen LogP contribution in [0.5, 0.6) is 0 Å². The minimum absolute atomic E-state index is 0.154. The van der Waals surface area contributed by atoms with Gasteiger partial charge < -0.3 is 5.32 Å². The van der Waals surface area contributed by atoms with Crippen molar-refractivity contribution in [3.63, 3.8) is 0 Å². The number of carbonyl (C=O) groups excluding carboxylic acids is 1. The van der Waals surface area contributed by atoms with Gasteiger partial charge in [-0.25, -0.2) is 0 Å². The zero-order valence-electron chi connectivity index (χ0n) is 10.1. The van der Waals surface area contributed by atoms with Crippen LogP contribution in [0.2, 0.25) is 0 Å². The van der Waals surface area contributed by atoms with Crippen LogP contribution in [-0.2, 0) is 0 Å². The molecule has 0 aliphatic heterocycles. The van der Waals surface area contributed by atoms with Crippen molar-refractivity contribution in [1.29, 1.82) is 0 Å². The van der Waals surface area contributed by atoms with Gasteiger partial charge in [0.15, 0.2) is 5.78 Å². The largest absolute Gasteiger partial charge is 0.307 e. The van der Waals surface area contributed by atoms with Crippen LogP contribution in [0, 0.1) is 0 Å². The smallest absolute Gasteiger partial charge is 0.176 e. The first-order chi connectivity index (χ1) is 7.63. The molecular weight excluding hydrogens is 218 g/mol. The Balaban J connectivity index is 2.56. The van der Waals surface area contributed by atoms with Gasteiger partial charge in [-0.1, -0.05) is 32.9 Å². The number of rotatable bonds is 6. The number of nitrogens with one attached hydrogen (secondary N) is 1. The summed E-state index contributed by atoms with van der Waals surface area (Å²) >= 11 is 1.79. The summed E-state index contributed by atoms with van der Waals surface area (Å²) < 4.78 is 0. The Morgan fingerprint density at radius 3 is 2.44 bits per heavy atom. The monoisotopic (exact) mass is 237 g/mol. The van der Waals surface area contributed by atoms with Gasteiger partial charge in [-0.3, -0.25) is 4.79 Å². The fourth-order valence-corrected chi connectivity index (χ4v) is 1.96. The van der Waals surface area contributed by atoms with E-state index in [0.717, 1.165) is 11.3 Å². The van der Waals surface area contributed by atoms with Crippen LogP contribution in [0.3, 0.4) is 0 Å². The molecule has 0 bridgehead atoms. The fourth-order valence-electron chi connectivity index (χ4n) is 1.30. The topological polar surface area (TPSA) is 29.1 Å². The molecule has 0 atom stereocenters. The molecule has 0 heterocycles. The molecule has 1 N–H and O–H groups in total. The molecule has 16 heavy (non-hydrogen) atoms. The minimum Gasteiger partial charge on any atom is -0.307 e. The summed E-state index contributed by atoms with van der Waals surface area (Å²) in [6, 6.07) is 8.18. The van der Waals surface area contributed by atoms with Crippen LogP contribution in [0.15, 0.2) is 29.2 Å². The lowest BCUT2D eigenvalue weighted by Crippen LogP contribution is -2.29. The van der Waals surface area contributed by atoms with E-state index in [0.29, 0.717) is 12.6 Å². The van der Waals surface area contributed by atoms with Gasteiger partial charge in [0.2, 0.25) is 0 Å². The Hall–Kier alpha value is -0.800. The average Bonchev–Trinajstić information content (AvgIpc) is 2.27. The quantitative estimate of drug-likeness (QED) is 0.609. The molecular formula is C13H19NOS. The Morgan fingerprint density at radius 1 is 1.31 bits per heavy atom. The summed E-state index contributed by atoms with van der Waals surface area (Å²) in [6.07, 6.45) is 0. The molecule has 3 heteroatoms. The maximum Gasteiger partial charge on any atom is 0.176 e. The van der Waals surface area contributed by atoms with E-state index in [-0.39, 0.29) is 5.78 Å². The second-order valence-electron chi connectivity index (χ2n) is 3.92.